The highest BCUT2D eigenvalue weighted by Crippen LogP contribution is 2.20. The smallest absolute Gasteiger partial charge is 0.344 e. The van der Waals surface area contributed by atoms with Gasteiger partial charge >= 0.3 is 5.97 Å². The molecule has 0 aliphatic heterocycles. The van der Waals surface area contributed by atoms with E-state index in [1.807, 2.05) is 26.0 Å². The van der Waals surface area contributed by atoms with Crippen molar-refractivity contribution in [3.63, 3.8) is 0 Å². The fraction of sp³-hybridized carbons (Fsp3) is 0.312. The van der Waals surface area contributed by atoms with Gasteiger partial charge < -0.3 is 14.6 Å². The van der Waals surface area contributed by atoms with Crippen LogP contribution < -0.4 is 5.32 Å². The van der Waals surface area contributed by atoms with E-state index in [0.29, 0.717) is 29.1 Å². The Hall–Kier alpha value is -2.15. The predicted octanol–water partition coefficient (Wildman–Crippen LogP) is 3.41. The number of hydrogen-bond donors (Lipinski definition) is 1. The van der Waals surface area contributed by atoms with Crippen molar-refractivity contribution in [1.29, 1.82) is 0 Å². The Morgan fingerprint density at radius 2 is 2.09 bits per heavy atom. The number of nitrogens with zero attached hydrogens (tertiary/aromatic N) is 1. The van der Waals surface area contributed by atoms with Crippen molar-refractivity contribution in [1.82, 2.24) is 5.16 Å². The zero-order valence-corrected chi connectivity index (χ0v) is 14.7. The van der Waals surface area contributed by atoms with E-state index in [1.165, 1.54) is 0 Å². The number of aryl methyl sites for hydroxylation is 3. The molecule has 0 spiro atoms. The van der Waals surface area contributed by atoms with Crippen LogP contribution in [0, 0.1) is 13.8 Å². The fourth-order valence-corrected chi connectivity index (χ4v) is 2.55. The van der Waals surface area contributed by atoms with E-state index < -0.39 is 11.9 Å². The van der Waals surface area contributed by atoms with Crippen molar-refractivity contribution in [2.24, 2.45) is 0 Å². The van der Waals surface area contributed by atoms with Gasteiger partial charge in [0.05, 0.1) is 5.69 Å². The lowest BCUT2D eigenvalue weighted by atomic mass is 10.1. The molecule has 1 aromatic carbocycles. The predicted molar refractivity (Wildman–Crippen MR) is 88.4 cm³/mol. The van der Waals surface area contributed by atoms with Gasteiger partial charge in [-0.05, 0) is 44.0 Å². The average molecular weight is 381 g/mol. The molecule has 1 amide bonds. The van der Waals surface area contributed by atoms with Crippen molar-refractivity contribution in [2.45, 2.75) is 27.2 Å². The van der Waals surface area contributed by atoms with Crippen molar-refractivity contribution in [2.75, 3.05) is 11.9 Å². The number of carbonyl (C=O) groups is 2. The Morgan fingerprint density at radius 1 is 1.35 bits per heavy atom. The fourth-order valence-electron chi connectivity index (χ4n) is 2.08. The number of ether oxygens (including phenoxy) is 1. The summed E-state index contributed by atoms with van der Waals surface area (Å²) < 4.78 is 11.0. The first-order valence-electron chi connectivity index (χ1n) is 7.10. The largest absolute Gasteiger partial charge is 0.452 e. The topological polar surface area (TPSA) is 81.4 Å². The quantitative estimate of drug-likeness (QED) is 0.803. The monoisotopic (exact) mass is 380 g/mol. The zero-order chi connectivity index (χ0) is 17.0. The molecule has 6 nitrogen and oxygen atoms in total. The molecule has 0 saturated carbocycles. The second-order valence-corrected chi connectivity index (χ2v) is 5.91. The molecule has 2 rings (SSSR count). The van der Waals surface area contributed by atoms with Crippen LogP contribution in [-0.4, -0.2) is 23.6 Å². The summed E-state index contributed by atoms with van der Waals surface area (Å²) in [4.78, 5) is 24.0. The molecule has 1 N–H and O–H groups in total. The van der Waals surface area contributed by atoms with Gasteiger partial charge in [0.25, 0.3) is 5.91 Å². The first-order chi connectivity index (χ1) is 10.9. The molecule has 1 aromatic heterocycles. The molecule has 0 aliphatic carbocycles. The van der Waals surface area contributed by atoms with Crippen LogP contribution in [0.1, 0.15) is 34.3 Å². The molecule has 0 unspecified atom stereocenters. The Labute approximate surface area is 142 Å². The van der Waals surface area contributed by atoms with Gasteiger partial charge in [0.1, 0.15) is 11.3 Å². The van der Waals surface area contributed by atoms with E-state index in [2.05, 4.69) is 26.4 Å². The Kier molecular flexibility index (Phi) is 5.54. The Morgan fingerprint density at radius 3 is 2.74 bits per heavy atom. The van der Waals surface area contributed by atoms with Crippen LogP contribution >= 0.6 is 15.9 Å². The van der Waals surface area contributed by atoms with Crippen molar-refractivity contribution >= 4 is 33.5 Å². The number of hydrogen-bond acceptors (Lipinski definition) is 5. The SMILES string of the molecule is CCc1noc(C)c1C(=O)OCC(=O)Nc1ccc(Br)cc1C. The maximum Gasteiger partial charge on any atom is 0.344 e. The van der Waals surface area contributed by atoms with Gasteiger partial charge in [-0.2, -0.15) is 0 Å². The molecule has 0 atom stereocenters. The number of carbonyl (C=O) groups excluding carboxylic acids is 2. The van der Waals surface area contributed by atoms with Crippen molar-refractivity contribution in [3.05, 3.63) is 45.3 Å². The van der Waals surface area contributed by atoms with Crippen molar-refractivity contribution in [3.8, 4) is 0 Å². The van der Waals surface area contributed by atoms with Crippen LogP contribution in [0.4, 0.5) is 5.69 Å². The second kappa shape index (κ2) is 7.41. The average Bonchev–Trinajstić information content (AvgIpc) is 2.88. The van der Waals surface area contributed by atoms with Gasteiger partial charge in [-0.1, -0.05) is 28.0 Å². The van der Waals surface area contributed by atoms with E-state index >= 15 is 0 Å². The minimum Gasteiger partial charge on any atom is -0.452 e. The highest BCUT2D eigenvalue weighted by atomic mass is 79.9. The lowest BCUT2D eigenvalue weighted by Gasteiger charge is -2.09. The summed E-state index contributed by atoms with van der Waals surface area (Å²) in [5.74, 6) is -0.629. The maximum absolute atomic E-state index is 12.1. The summed E-state index contributed by atoms with van der Waals surface area (Å²) in [5.41, 5.74) is 2.39. The lowest BCUT2D eigenvalue weighted by molar-refractivity contribution is -0.119. The molecule has 1 heterocycles. The third-order valence-corrected chi connectivity index (χ3v) is 3.76. The molecule has 0 bridgehead atoms. The lowest BCUT2D eigenvalue weighted by Crippen LogP contribution is -2.21. The zero-order valence-electron chi connectivity index (χ0n) is 13.1. The highest BCUT2D eigenvalue weighted by Gasteiger charge is 2.21. The van der Waals surface area contributed by atoms with Gasteiger partial charge in [-0.25, -0.2) is 4.79 Å². The van der Waals surface area contributed by atoms with Gasteiger partial charge in [0.2, 0.25) is 0 Å². The number of esters is 1. The molecule has 122 valence electrons. The van der Waals surface area contributed by atoms with Crippen LogP contribution in [0.15, 0.2) is 27.2 Å². The van der Waals surface area contributed by atoms with E-state index in [4.69, 9.17) is 9.26 Å². The normalized spacial score (nSPS) is 10.4. The van der Waals surface area contributed by atoms with Crippen LogP contribution in [-0.2, 0) is 16.0 Å². The minimum atomic E-state index is -0.608. The number of aromatic nitrogens is 1. The van der Waals surface area contributed by atoms with Crippen LogP contribution in [0.25, 0.3) is 0 Å². The number of amides is 1. The number of rotatable bonds is 5. The van der Waals surface area contributed by atoms with Crippen LogP contribution in [0.2, 0.25) is 0 Å². The number of anilines is 1. The van der Waals surface area contributed by atoms with Gasteiger partial charge in [-0.15, -0.1) is 0 Å². The minimum absolute atomic E-state index is 0.292. The summed E-state index contributed by atoms with van der Waals surface area (Å²) in [6, 6.07) is 5.48. The summed E-state index contributed by atoms with van der Waals surface area (Å²) in [6.45, 7) is 4.99. The van der Waals surface area contributed by atoms with Crippen molar-refractivity contribution < 1.29 is 18.8 Å². The summed E-state index contributed by atoms with van der Waals surface area (Å²) in [5, 5.41) is 6.49. The van der Waals surface area contributed by atoms with E-state index in [1.54, 1.807) is 13.0 Å². The number of benzene rings is 1. The third-order valence-electron chi connectivity index (χ3n) is 3.27. The summed E-state index contributed by atoms with van der Waals surface area (Å²) >= 11 is 3.36. The molecule has 23 heavy (non-hydrogen) atoms. The molecule has 0 aliphatic rings. The molecule has 7 heteroatoms. The van der Waals surface area contributed by atoms with Gasteiger partial charge in [-0.3, -0.25) is 4.79 Å². The standard InChI is InChI=1S/C16H17BrN2O4/c1-4-12-15(10(3)23-19-12)16(21)22-8-14(20)18-13-6-5-11(17)7-9(13)2/h5-7H,4,8H2,1-3H3,(H,18,20). The van der Waals surface area contributed by atoms with Crippen LogP contribution in [0.3, 0.4) is 0 Å². The molecule has 2 aromatic rings. The summed E-state index contributed by atoms with van der Waals surface area (Å²) in [6.07, 6.45) is 0.548. The van der Waals surface area contributed by atoms with Crippen LogP contribution in [0.5, 0.6) is 0 Å². The molecular weight excluding hydrogens is 364 g/mol. The van der Waals surface area contributed by atoms with E-state index in [-0.39, 0.29) is 6.61 Å². The maximum atomic E-state index is 12.1. The van der Waals surface area contributed by atoms with E-state index in [9.17, 15) is 9.59 Å². The van der Waals surface area contributed by atoms with Gasteiger partial charge in [0, 0.05) is 10.2 Å². The number of halogens is 1. The second-order valence-electron chi connectivity index (χ2n) is 5.00. The first-order valence-corrected chi connectivity index (χ1v) is 7.90. The number of nitrogens with one attached hydrogen (secondary N) is 1. The summed E-state index contributed by atoms with van der Waals surface area (Å²) in [7, 11) is 0. The highest BCUT2D eigenvalue weighted by molar-refractivity contribution is 9.10. The first kappa shape index (κ1) is 17.2. The molecule has 0 fully saturated rings. The molecular formula is C16H17BrN2O4. The van der Waals surface area contributed by atoms with Gasteiger partial charge in [0.15, 0.2) is 6.61 Å². The van der Waals surface area contributed by atoms with E-state index in [0.717, 1.165) is 10.0 Å². The molecule has 0 saturated heterocycles. The Bertz CT molecular complexity index is 740. The molecule has 0 radical (unpaired) electrons. The third kappa shape index (κ3) is 4.19. The Balaban J connectivity index is 1.96.